The molecule has 0 atom stereocenters. The zero-order valence-electron chi connectivity index (χ0n) is 14.4. The van der Waals surface area contributed by atoms with Gasteiger partial charge in [-0.05, 0) is 48.1 Å². The van der Waals surface area contributed by atoms with Crippen LogP contribution in [0.2, 0.25) is 15.1 Å². The molecule has 1 heterocycles. The lowest BCUT2D eigenvalue weighted by Gasteiger charge is -2.15. The minimum absolute atomic E-state index is 0.358. The summed E-state index contributed by atoms with van der Waals surface area (Å²) >= 11 is 23.4. The Hall–Kier alpha value is -1.73. The molecule has 0 bridgehead atoms. The van der Waals surface area contributed by atoms with E-state index in [2.05, 4.69) is 15.6 Å². The fourth-order valence-corrected chi connectivity index (χ4v) is 3.24. The van der Waals surface area contributed by atoms with Crippen LogP contribution < -0.4 is 10.2 Å². The van der Waals surface area contributed by atoms with Gasteiger partial charge in [0.25, 0.3) is 0 Å². The van der Waals surface area contributed by atoms with Crippen LogP contribution in [0.25, 0.3) is 0 Å². The summed E-state index contributed by atoms with van der Waals surface area (Å²) in [5.74, 6) is 1.53. The van der Waals surface area contributed by atoms with Gasteiger partial charge in [-0.3, -0.25) is 5.10 Å². The summed E-state index contributed by atoms with van der Waals surface area (Å²) in [7, 11) is 0. The van der Waals surface area contributed by atoms with E-state index in [9.17, 15) is 0 Å². The van der Waals surface area contributed by atoms with E-state index >= 15 is 0 Å². The van der Waals surface area contributed by atoms with Gasteiger partial charge in [-0.2, -0.15) is 5.10 Å². The first kappa shape index (κ1) is 20.0. The molecule has 142 valence electrons. The Morgan fingerprint density at radius 2 is 1.96 bits per heavy atom. The van der Waals surface area contributed by atoms with Crippen molar-refractivity contribution < 1.29 is 4.74 Å². The average Bonchev–Trinajstić information content (AvgIpc) is 3.01. The van der Waals surface area contributed by atoms with E-state index in [0.29, 0.717) is 38.7 Å². The number of aromatic nitrogens is 3. The number of aromatic amines is 1. The van der Waals surface area contributed by atoms with E-state index in [1.807, 2.05) is 25.1 Å². The molecule has 0 fully saturated rings. The van der Waals surface area contributed by atoms with Crippen molar-refractivity contribution in [1.29, 1.82) is 0 Å². The highest BCUT2D eigenvalue weighted by Gasteiger charge is 2.09. The van der Waals surface area contributed by atoms with Gasteiger partial charge in [0.15, 0.2) is 5.82 Å². The van der Waals surface area contributed by atoms with Crippen LogP contribution in [0, 0.1) is 4.77 Å². The molecule has 2 N–H and O–H groups in total. The van der Waals surface area contributed by atoms with Gasteiger partial charge < -0.3 is 10.2 Å². The summed E-state index contributed by atoms with van der Waals surface area (Å²) in [5.41, 5.74) is 5.07. The van der Waals surface area contributed by atoms with Gasteiger partial charge >= 0.3 is 0 Å². The maximum absolute atomic E-state index is 6.16. The van der Waals surface area contributed by atoms with Gasteiger partial charge in [0.1, 0.15) is 12.4 Å². The molecule has 3 aromatic rings. The van der Waals surface area contributed by atoms with E-state index in [0.717, 1.165) is 23.4 Å². The first-order valence-electron chi connectivity index (χ1n) is 8.23. The summed E-state index contributed by atoms with van der Waals surface area (Å²) in [5, 5.41) is 8.60. The van der Waals surface area contributed by atoms with Crippen molar-refractivity contribution in [2.75, 3.05) is 5.43 Å². The molecular weight excluding hydrogens is 427 g/mol. The van der Waals surface area contributed by atoms with Crippen LogP contribution in [0.4, 0.5) is 0 Å². The molecule has 0 unspecified atom stereocenters. The third kappa shape index (κ3) is 4.96. The zero-order valence-corrected chi connectivity index (χ0v) is 17.5. The van der Waals surface area contributed by atoms with E-state index in [1.165, 1.54) is 0 Å². The summed E-state index contributed by atoms with van der Waals surface area (Å²) in [6.45, 7) is 2.84. The molecule has 1 aromatic heterocycles. The molecule has 0 aliphatic rings. The number of nitrogens with one attached hydrogen (secondary N) is 2. The smallest absolute Gasteiger partial charge is 0.214 e. The minimum atomic E-state index is 0.358. The van der Waals surface area contributed by atoms with Crippen LogP contribution in [0.15, 0.2) is 36.4 Å². The number of halogens is 3. The van der Waals surface area contributed by atoms with E-state index in [4.69, 9.17) is 51.8 Å². The fourth-order valence-electron chi connectivity index (χ4n) is 2.51. The van der Waals surface area contributed by atoms with Crippen LogP contribution in [0.1, 0.15) is 23.9 Å². The Bertz CT molecular complexity index is 1000. The van der Waals surface area contributed by atoms with Crippen molar-refractivity contribution in [2.45, 2.75) is 26.5 Å². The number of hydrogen-bond acceptors (Lipinski definition) is 4. The molecule has 0 aliphatic heterocycles. The molecule has 3 rings (SSSR count). The predicted octanol–water partition coefficient (Wildman–Crippen LogP) is 5.79. The molecule has 27 heavy (non-hydrogen) atoms. The molecule has 0 amide bonds. The highest BCUT2D eigenvalue weighted by atomic mass is 35.5. The third-order valence-corrected chi connectivity index (χ3v) is 5.13. The van der Waals surface area contributed by atoms with Gasteiger partial charge in [-0.25, -0.2) is 4.68 Å². The lowest BCUT2D eigenvalue weighted by atomic mass is 10.2. The van der Waals surface area contributed by atoms with Crippen LogP contribution in [0.5, 0.6) is 5.75 Å². The van der Waals surface area contributed by atoms with Crippen molar-refractivity contribution in [2.24, 2.45) is 0 Å². The molecule has 0 saturated carbocycles. The van der Waals surface area contributed by atoms with Crippen LogP contribution in [0.3, 0.4) is 0 Å². The number of rotatable bonds is 7. The number of benzene rings is 2. The Morgan fingerprint density at radius 3 is 2.70 bits per heavy atom. The second kappa shape index (κ2) is 8.97. The summed E-state index contributed by atoms with van der Waals surface area (Å²) in [4.78, 5) is 0. The fraction of sp³-hybridized carbons (Fsp3) is 0.222. The van der Waals surface area contributed by atoms with Gasteiger partial charge in [0.2, 0.25) is 4.77 Å². The van der Waals surface area contributed by atoms with E-state index in [-0.39, 0.29) is 0 Å². The van der Waals surface area contributed by atoms with Gasteiger partial charge in [0.05, 0.1) is 16.6 Å². The topological polar surface area (TPSA) is 54.9 Å². The highest BCUT2D eigenvalue weighted by molar-refractivity contribution is 7.71. The first-order valence-corrected chi connectivity index (χ1v) is 9.77. The first-order chi connectivity index (χ1) is 13.0. The minimum Gasteiger partial charge on any atom is -0.489 e. The van der Waals surface area contributed by atoms with E-state index in [1.54, 1.807) is 22.9 Å². The van der Waals surface area contributed by atoms with E-state index < -0.39 is 0 Å². The number of H-pyrrole nitrogens is 1. The Kier molecular flexibility index (Phi) is 6.65. The number of aryl methyl sites for hydroxylation is 1. The average molecular weight is 444 g/mol. The zero-order chi connectivity index (χ0) is 19.4. The SMILES string of the molecule is CCc1n[nH]c(=S)n1NCc1cc(Cl)ccc1OCc1ccc(Cl)c(Cl)c1. The second-order valence-corrected chi connectivity index (χ2v) is 7.40. The normalized spacial score (nSPS) is 10.8. The lowest BCUT2D eigenvalue weighted by Crippen LogP contribution is -2.17. The quantitative estimate of drug-likeness (QED) is 0.454. The third-order valence-electron chi connectivity index (χ3n) is 3.89. The summed E-state index contributed by atoms with van der Waals surface area (Å²) in [6.07, 6.45) is 0.746. The second-order valence-electron chi connectivity index (χ2n) is 5.76. The Labute approximate surface area is 177 Å². The van der Waals surface area contributed by atoms with Crippen molar-refractivity contribution >= 4 is 47.0 Å². The van der Waals surface area contributed by atoms with Crippen molar-refractivity contribution in [1.82, 2.24) is 14.9 Å². The van der Waals surface area contributed by atoms with Gasteiger partial charge in [-0.1, -0.05) is 47.8 Å². The standard InChI is InChI=1S/C18H17Cl3N4OS/c1-2-17-23-24-18(27)25(17)22-9-12-8-13(19)4-6-16(12)26-10-11-3-5-14(20)15(21)7-11/h3-8,22H,2,9-10H2,1H3,(H,24,27). The van der Waals surface area contributed by atoms with Crippen molar-refractivity contribution in [3.8, 4) is 5.75 Å². The number of hydrogen-bond donors (Lipinski definition) is 2. The lowest BCUT2D eigenvalue weighted by molar-refractivity contribution is 0.303. The maximum Gasteiger partial charge on any atom is 0.214 e. The Balaban J connectivity index is 1.75. The van der Waals surface area contributed by atoms with Crippen LogP contribution in [-0.2, 0) is 19.6 Å². The molecule has 0 radical (unpaired) electrons. The molecular formula is C18H17Cl3N4OS. The molecule has 0 aliphatic carbocycles. The highest BCUT2D eigenvalue weighted by Crippen LogP contribution is 2.26. The monoisotopic (exact) mass is 442 g/mol. The molecule has 0 spiro atoms. The van der Waals surface area contributed by atoms with Crippen LogP contribution >= 0.6 is 47.0 Å². The van der Waals surface area contributed by atoms with Crippen LogP contribution in [-0.4, -0.2) is 14.9 Å². The summed E-state index contributed by atoms with van der Waals surface area (Å²) < 4.78 is 8.23. The Morgan fingerprint density at radius 1 is 1.15 bits per heavy atom. The molecule has 2 aromatic carbocycles. The molecule has 5 nitrogen and oxygen atoms in total. The van der Waals surface area contributed by atoms with Crippen molar-refractivity contribution in [3.05, 3.63) is 73.2 Å². The maximum atomic E-state index is 6.16. The predicted molar refractivity (Wildman–Crippen MR) is 112 cm³/mol. The number of ether oxygens (including phenoxy) is 1. The number of nitrogens with zero attached hydrogens (tertiary/aromatic N) is 2. The molecule has 0 saturated heterocycles. The summed E-state index contributed by atoms with van der Waals surface area (Å²) in [6, 6.07) is 10.9. The van der Waals surface area contributed by atoms with Gasteiger partial charge in [-0.15, -0.1) is 0 Å². The van der Waals surface area contributed by atoms with Gasteiger partial charge in [0, 0.05) is 17.0 Å². The van der Waals surface area contributed by atoms with Crippen molar-refractivity contribution in [3.63, 3.8) is 0 Å². The molecule has 9 heteroatoms. The largest absolute Gasteiger partial charge is 0.489 e.